The highest BCUT2D eigenvalue weighted by Crippen LogP contribution is 2.14. The fourth-order valence-corrected chi connectivity index (χ4v) is 1.07. The molecule has 1 aromatic heterocycles. The van der Waals surface area contributed by atoms with Crippen molar-refractivity contribution in [2.75, 3.05) is 0 Å². The lowest BCUT2D eigenvalue weighted by molar-refractivity contribution is 0.554. The minimum Gasteiger partial charge on any atom is -0.271 e. The van der Waals surface area contributed by atoms with Crippen molar-refractivity contribution in [3.05, 3.63) is 29.0 Å². The number of pyridine rings is 1. The van der Waals surface area contributed by atoms with Crippen LogP contribution in [-0.4, -0.2) is 4.98 Å². The van der Waals surface area contributed by atoms with E-state index in [0.717, 1.165) is 5.69 Å². The number of nitrogens with one attached hydrogen (secondary N) is 1. The van der Waals surface area contributed by atoms with Gasteiger partial charge in [-0.1, -0.05) is 11.6 Å². The van der Waals surface area contributed by atoms with Gasteiger partial charge in [0.25, 0.3) is 0 Å². The van der Waals surface area contributed by atoms with Gasteiger partial charge in [-0.25, -0.2) is 0 Å². The second-order valence-corrected chi connectivity index (χ2v) is 2.97. The highest BCUT2D eigenvalue weighted by atomic mass is 35.5. The molecule has 0 aliphatic heterocycles. The molecule has 3 nitrogen and oxygen atoms in total. The first-order chi connectivity index (χ1) is 6.27. The van der Waals surface area contributed by atoms with Gasteiger partial charge in [-0.2, -0.15) is 0 Å². The monoisotopic (exact) mass is 195 g/mol. The van der Waals surface area contributed by atoms with Crippen molar-refractivity contribution in [1.82, 2.24) is 10.4 Å². The van der Waals surface area contributed by atoms with Crippen LogP contribution in [0.4, 0.5) is 0 Å². The van der Waals surface area contributed by atoms with E-state index in [1.54, 1.807) is 18.3 Å². The van der Waals surface area contributed by atoms with E-state index in [-0.39, 0.29) is 6.04 Å². The van der Waals surface area contributed by atoms with Gasteiger partial charge in [0.15, 0.2) is 0 Å². The number of nitrogens with zero attached hydrogens (tertiary/aromatic N) is 1. The molecule has 0 fully saturated rings. The number of aromatic nitrogens is 1. The Labute approximate surface area is 82.3 Å². The molecule has 0 amide bonds. The van der Waals surface area contributed by atoms with E-state index in [9.17, 15) is 0 Å². The van der Waals surface area contributed by atoms with Crippen molar-refractivity contribution in [1.29, 1.82) is 0 Å². The van der Waals surface area contributed by atoms with Crippen LogP contribution in [0.3, 0.4) is 0 Å². The highest BCUT2D eigenvalue weighted by Gasteiger charge is 2.08. The molecule has 1 atom stereocenters. The Kier molecular flexibility index (Phi) is 3.71. The third-order valence-electron chi connectivity index (χ3n) is 1.63. The molecular formula is C9H10ClN3. The molecule has 0 saturated carbocycles. The lowest BCUT2D eigenvalue weighted by atomic mass is 10.1. The van der Waals surface area contributed by atoms with Gasteiger partial charge < -0.3 is 0 Å². The van der Waals surface area contributed by atoms with Crippen LogP contribution < -0.4 is 11.3 Å². The molecule has 4 heteroatoms. The zero-order valence-corrected chi connectivity index (χ0v) is 7.75. The minimum absolute atomic E-state index is 0.109. The normalized spacial score (nSPS) is 12.1. The molecule has 1 rings (SSSR count). The summed E-state index contributed by atoms with van der Waals surface area (Å²) in [7, 11) is 0. The van der Waals surface area contributed by atoms with Gasteiger partial charge in [0, 0.05) is 12.6 Å². The Morgan fingerprint density at radius 1 is 1.69 bits per heavy atom. The van der Waals surface area contributed by atoms with Gasteiger partial charge >= 0.3 is 0 Å². The van der Waals surface area contributed by atoms with Crippen molar-refractivity contribution in [3.8, 4) is 12.3 Å². The molecule has 0 saturated heterocycles. The van der Waals surface area contributed by atoms with E-state index in [2.05, 4.69) is 16.3 Å². The first-order valence-corrected chi connectivity index (χ1v) is 4.16. The van der Waals surface area contributed by atoms with E-state index >= 15 is 0 Å². The van der Waals surface area contributed by atoms with Crippen LogP contribution in [0.2, 0.25) is 5.02 Å². The lowest BCUT2D eigenvalue weighted by Crippen LogP contribution is -2.28. The Bertz CT molecular complexity index is 302. The Morgan fingerprint density at radius 3 is 2.92 bits per heavy atom. The summed E-state index contributed by atoms with van der Waals surface area (Å²) in [5.41, 5.74) is 3.39. The van der Waals surface area contributed by atoms with Crippen molar-refractivity contribution in [3.63, 3.8) is 0 Å². The topological polar surface area (TPSA) is 50.9 Å². The summed E-state index contributed by atoms with van der Waals surface area (Å²) in [4.78, 5) is 4.10. The van der Waals surface area contributed by atoms with Gasteiger partial charge in [0.1, 0.15) is 0 Å². The molecular weight excluding hydrogens is 186 g/mol. The number of hydrazine groups is 1. The zero-order valence-electron chi connectivity index (χ0n) is 7.00. The van der Waals surface area contributed by atoms with Crippen LogP contribution in [-0.2, 0) is 0 Å². The average molecular weight is 196 g/mol. The second kappa shape index (κ2) is 4.83. The Morgan fingerprint density at radius 2 is 2.46 bits per heavy atom. The van der Waals surface area contributed by atoms with Gasteiger partial charge in [-0.3, -0.25) is 16.3 Å². The van der Waals surface area contributed by atoms with Crippen LogP contribution in [0.25, 0.3) is 0 Å². The fourth-order valence-electron chi connectivity index (χ4n) is 0.960. The maximum atomic E-state index is 5.68. The third-order valence-corrected chi connectivity index (χ3v) is 1.85. The first-order valence-electron chi connectivity index (χ1n) is 3.79. The molecule has 13 heavy (non-hydrogen) atoms. The van der Waals surface area contributed by atoms with Gasteiger partial charge in [0.2, 0.25) is 0 Å². The van der Waals surface area contributed by atoms with E-state index in [1.807, 2.05) is 0 Å². The molecule has 3 N–H and O–H groups in total. The molecule has 1 heterocycles. The number of hydrogen-bond donors (Lipinski definition) is 2. The molecule has 0 aromatic carbocycles. The predicted octanol–water partition coefficient (Wildman–Crippen LogP) is 1.26. The zero-order chi connectivity index (χ0) is 9.68. The molecule has 1 aromatic rings. The van der Waals surface area contributed by atoms with Crippen LogP contribution in [0.15, 0.2) is 18.3 Å². The van der Waals surface area contributed by atoms with Crippen LogP contribution in [0.5, 0.6) is 0 Å². The van der Waals surface area contributed by atoms with E-state index < -0.39 is 0 Å². The molecule has 1 unspecified atom stereocenters. The number of nitrogens with two attached hydrogens (primary N) is 1. The maximum Gasteiger partial charge on any atom is 0.0741 e. The minimum atomic E-state index is -0.109. The first kappa shape index (κ1) is 10.0. The van der Waals surface area contributed by atoms with E-state index in [4.69, 9.17) is 23.9 Å². The van der Waals surface area contributed by atoms with Crippen molar-refractivity contribution < 1.29 is 0 Å². The quantitative estimate of drug-likeness (QED) is 0.434. The molecule has 0 spiro atoms. The fraction of sp³-hybridized carbons (Fsp3) is 0.222. The summed E-state index contributed by atoms with van der Waals surface area (Å²) < 4.78 is 0. The SMILES string of the molecule is C#CCC(NN)c1ccc(Cl)cn1. The second-order valence-electron chi connectivity index (χ2n) is 2.53. The summed E-state index contributed by atoms with van der Waals surface area (Å²) >= 11 is 5.68. The predicted molar refractivity (Wildman–Crippen MR) is 52.8 cm³/mol. The van der Waals surface area contributed by atoms with E-state index in [0.29, 0.717) is 11.4 Å². The molecule has 0 bridgehead atoms. The van der Waals surface area contributed by atoms with Gasteiger partial charge in [0.05, 0.1) is 16.8 Å². The number of hydrogen-bond acceptors (Lipinski definition) is 3. The summed E-state index contributed by atoms with van der Waals surface area (Å²) in [6, 6.07) is 3.44. The van der Waals surface area contributed by atoms with Gasteiger partial charge in [-0.05, 0) is 12.1 Å². The van der Waals surface area contributed by atoms with Crippen molar-refractivity contribution >= 4 is 11.6 Å². The van der Waals surface area contributed by atoms with Crippen LogP contribution >= 0.6 is 11.6 Å². The number of terminal acetylenes is 1. The third kappa shape index (κ3) is 2.71. The smallest absolute Gasteiger partial charge is 0.0741 e. The molecule has 0 aliphatic rings. The maximum absolute atomic E-state index is 5.68. The lowest BCUT2D eigenvalue weighted by Gasteiger charge is -2.11. The molecule has 0 aliphatic carbocycles. The number of halogens is 1. The van der Waals surface area contributed by atoms with Crippen LogP contribution in [0, 0.1) is 12.3 Å². The molecule has 0 radical (unpaired) electrons. The summed E-state index contributed by atoms with van der Waals surface area (Å²) in [6.07, 6.45) is 7.25. The van der Waals surface area contributed by atoms with Gasteiger partial charge in [-0.15, -0.1) is 12.3 Å². The Balaban J connectivity index is 2.80. The van der Waals surface area contributed by atoms with Crippen LogP contribution in [0.1, 0.15) is 18.2 Å². The summed E-state index contributed by atoms with van der Waals surface area (Å²) in [6.45, 7) is 0. The number of rotatable bonds is 3. The molecule has 68 valence electrons. The summed E-state index contributed by atoms with van der Waals surface area (Å²) in [5.74, 6) is 7.83. The Hall–Kier alpha value is -1.08. The van der Waals surface area contributed by atoms with E-state index in [1.165, 1.54) is 0 Å². The van der Waals surface area contributed by atoms with Crippen molar-refractivity contribution in [2.24, 2.45) is 5.84 Å². The van der Waals surface area contributed by atoms with Crippen molar-refractivity contribution in [2.45, 2.75) is 12.5 Å². The largest absolute Gasteiger partial charge is 0.271 e. The highest BCUT2D eigenvalue weighted by molar-refractivity contribution is 6.30. The standard InChI is InChI=1S/C9H10ClN3/c1-2-3-9(13-11)8-5-4-7(10)6-12-8/h1,4-6,9,13H,3,11H2. The summed E-state index contributed by atoms with van der Waals surface area (Å²) in [5, 5.41) is 0.597. The average Bonchev–Trinajstić information content (AvgIpc) is 2.16.